The third-order valence-corrected chi connectivity index (χ3v) is 2.36. The highest BCUT2D eigenvalue weighted by atomic mass is 19.4. The molecule has 0 saturated carbocycles. The molecule has 1 aromatic carbocycles. The molecule has 0 aliphatic heterocycles. The first-order valence-corrected chi connectivity index (χ1v) is 5.79. The van der Waals surface area contributed by atoms with Crippen LogP contribution >= 0.6 is 0 Å². The van der Waals surface area contributed by atoms with Gasteiger partial charge in [-0.2, -0.15) is 13.2 Å². The van der Waals surface area contributed by atoms with Crippen LogP contribution < -0.4 is 10.6 Å². The molecule has 0 aliphatic rings. The average molecular weight is 292 g/mol. The van der Waals surface area contributed by atoms with Crippen molar-refractivity contribution < 1.29 is 28.2 Å². The summed E-state index contributed by atoms with van der Waals surface area (Å²) in [6, 6.07) is 5.89. The minimum Gasteiger partial charge on any atom is -0.394 e. The Morgan fingerprint density at radius 2 is 2.05 bits per heavy atom. The molecule has 1 aromatic rings. The Balaban J connectivity index is 2.56. The van der Waals surface area contributed by atoms with Crippen molar-refractivity contribution in [3.63, 3.8) is 0 Å². The molecule has 1 amide bonds. The lowest BCUT2D eigenvalue weighted by Gasteiger charge is -2.11. The van der Waals surface area contributed by atoms with Crippen molar-refractivity contribution in [2.45, 2.75) is 18.8 Å². The molecule has 1 unspecified atom stereocenters. The van der Waals surface area contributed by atoms with Crippen LogP contribution in [0.15, 0.2) is 24.3 Å². The van der Waals surface area contributed by atoms with E-state index in [1.165, 1.54) is 18.2 Å². The Labute approximate surface area is 113 Å². The van der Waals surface area contributed by atoms with Gasteiger partial charge in [-0.1, -0.05) is 12.1 Å². The van der Waals surface area contributed by atoms with E-state index in [-0.39, 0.29) is 25.4 Å². The van der Waals surface area contributed by atoms with Crippen LogP contribution in [0.1, 0.15) is 5.56 Å². The lowest BCUT2D eigenvalue weighted by molar-refractivity contribution is -0.167. The monoisotopic (exact) mass is 292 g/mol. The summed E-state index contributed by atoms with van der Waals surface area (Å²) in [5, 5.41) is 22.3. The number of hydrogen-bond donors (Lipinski definition) is 4. The van der Waals surface area contributed by atoms with Crippen molar-refractivity contribution in [3.05, 3.63) is 29.8 Å². The minimum atomic E-state index is -4.93. The maximum atomic E-state index is 12.1. The fraction of sp³-hybridized carbons (Fsp3) is 0.417. The van der Waals surface area contributed by atoms with Crippen LogP contribution in [0.4, 0.5) is 18.9 Å². The molecular formula is C12H15F3N2O3. The normalized spacial score (nSPS) is 13.1. The number of carbonyl (C=O) groups is 1. The van der Waals surface area contributed by atoms with Gasteiger partial charge in [-0.15, -0.1) is 0 Å². The van der Waals surface area contributed by atoms with E-state index < -0.39 is 18.2 Å². The highest BCUT2D eigenvalue weighted by Crippen LogP contribution is 2.18. The van der Waals surface area contributed by atoms with E-state index in [1.807, 2.05) is 0 Å². The van der Waals surface area contributed by atoms with Crippen molar-refractivity contribution in [1.82, 2.24) is 5.32 Å². The maximum Gasteiger partial charge on any atom is 0.471 e. The molecule has 0 aromatic heterocycles. The van der Waals surface area contributed by atoms with Gasteiger partial charge in [0.15, 0.2) is 0 Å². The zero-order chi connectivity index (χ0) is 15.2. The zero-order valence-electron chi connectivity index (χ0n) is 10.4. The quantitative estimate of drug-likeness (QED) is 0.620. The summed E-state index contributed by atoms with van der Waals surface area (Å²) in [4.78, 5) is 10.8. The predicted octanol–water partition coefficient (Wildman–Crippen LogP) is 0.630. The van der Waals surface area contributed by atoms with Crippen LogP contribution in [0, 0.1) is 0 Å². The van der Waals surface area contributed by atoms with Gasteiger partial charge in [-0.05, 0) is 17.7 Å². The predicted molar refractivity (Wildman–Crippen MR) is 65.9 cm³/mol. The first kappa shape index (κ1) is 16.4. The van der Waals surface area contributed by atoms with E-state index in [4.69, 9.17) is 10.2 Å². The Kier molecular flexibility index (Phi) is 5.93. The van der Waals surface area contributed by atoms with E-state index in [2.05, 4.69) is 5.32 Å². The van der Waals surface area contributed by atoms with Crippen LogP contribution in [-0.2, 0) is 11.3 Å². The number of aliphatic hydroxyl groups excluding tert-OH is 2. The number of halogens is 3. The number of alkyl halides is 3. The molecule has 112 valence electrons. The second kappa shape index (κ2) is 7.22. The van der Waals surface area contributed by atoms with Crippen molar-refractivity contribution in [3.8, 4) is 0 Å². The molecule has 1 atom stereocenters. The average Bonchev–Trinajstić information content (AvgIpc) is 2.38. The fourth-order valence-corrected chi connectivity index (χ4v) is 1.41. The number of hydrogen-bond acceptors (Lipinski definition) is 4. The van der Waals surface area contributed by atoms with Gasteiger partial charge in [-0.25, -0.2) is 0 Å². The summed E-state index contributed by atoms with van der Waals surface area (Å²) in [5.74, 6) is -2.03. The van der Waals surface area contributed by atoms with Gasteiger partial charge in [0.1, 0.15) is 0 Å². The second-order valence-electron chi connectivity index (χ2n) is 4.12. The molecule has 0 spiro atoms. The Morgan fingerprint density at radius 1 is 1.35 bits per heavy atom. The van der Waals surface area contributed by atoms with Gasteiger partial charge in [0, 0.05) is 18.8 Å². The third-order valence-electron chi connectivity index (χ3n) is 2.36. The molecule has 8 heteroatoms. The summed E-state index contributed by atoms with van der Waals surface area (Å²) in [5.41, 5.74) is 0.671. The van der Waals surface area contributed by atoms with Crippen molar-refractivity contribution >= 4 is 11.6 Å². The molecule has 4 N–H and O–H groups in total. The highest BCUT2D eigenvalue weighted by molar-refractivity contribution is 5.94. The molecule has 20 heavy (non-hydrogen) atoms. The van der Waals surface area contributed by atoms with Crippen LogP contribution in [0.3, 0.4) is 0 Å². The van der Waals surface area contributed by atoms with E-state index >= 15 is 0 Å². The number of nitrogens with one attached hydrogen (secondary N) is 2. The highest BCUT2D eigenvalue weighted by Gasteiger charge is 2.38. The van der Waals surface area contributed by atoms with Gasteiger partial charge >= 0.3 is 12.1 Å². The molecule has 5 nitrogen and oxygen atoms in total. The Bertz CT molecular complexity index is 452. The number of aliphatic hydroxyl groups is 2. The van der Waals surface area contributed by atoms with E-state index in [0.717, 1.165) is 0 Å². The summed E-state index contributed by atoms with van der Waals surface area (Å²) in [6.45, 7) is 0.0527. The van der Waals surface area contributed by atoms with Gasteiger partial charge in [-0.3, -0.25) is 4.79 Å². The Hall–Kier alpha value is -1.64. The largest absolute Gasteiger partial charge is 0.471 e. The number of benzene rings is 1. The van der Waals surface area contributed by atoms with E-state index in [9.17, 15) is 18.0 Å². The zero-order valence-corrected chi connectivity index (χ0v) is 10.4. The number of anilines is 1. The van der Waals surface area contributed by atoms with Crippen LogP contribution in [0.25, 0.3) is 0 Å². The number of rotatable bonds is 6. The molecule has 0 heterocycles. The van der Waals surface area contributed by atoms with Crippen molar-refractivity contribution in [1.29, 1.82) is 0 Å². The van der Waals surface area contributed by atoms with Gasteiger partial charge in [0.2, 0.25) is 0 Å². The summed E-state index contributed by atoms with van der Waals surface area (Å²) in [7, 11) is 0. The summed E-state index contributed by atoms with van der Waals surface area (Å²) >= 11 is 0. The lowest BCUT2D eigenvalue weighted by Crippen LogP contribution is -2.30. The molecule has 0 fully saturated rings. The smallest absolute Gasteiger partial charge is 0.394 e. The molecule has 0 saturated heterocycles. The van der Waals surface area contributed by atoms with Crippen molar-refractivity contribution in [2.24, 2.45) is 0 Å². The SMILES string of the molecule is O=C(Nc1cccc(CNCC(O)CO)c1)C(F)(F)F. The second-order valence-corrected chi connectivity index (χ2v) is 4.12. The Morgan fingerprint density at radius 3 is 2.65 bits per heavy atom. The first-order valence-electron chi connectivity index (χ1n) is 5.79. The number of amides is 1. The molecule has 0 aliphatic carbocycles. The maximum absolute atomic E-state index is 12.1. The number of carbonyl (C=O) groups excluding carboxylic acids is 1. The van der Waals surface area contributed by atoms with Crippen LogP contribution in [-0.4, -0.2) is 41.6 Å². The molecule has 1 rings (SSSR count). The van der Waals surface area contributed by atoms with Gasteiger partial charge < -0.3 is 20.8 Å². The lowest BCUT2D eigenvalue weighted by atomic mass is 10.2. The van der Waals surface area contributed by atoms with Crippen LogP contribution in [0.5, 0.6) is 0 Å². The molecule has 0 bridgehead atoms. The first-order chi connectivity index (χ1) is 9.32. The van der Waals surface area contributed by atoms with Crippen LogP contribution in [0.2, 0.25) is 0 Å². The van der Waals surface area contributed by atoms with Gasteiger partial charge in [0.25, 0.3) is 0 Å². The standard InChI is InChI=1S/C12H15F3N2O3/c13-12(14,15)11(20)17-9-3-1-2-8(4-9)5-16-6-10(19)7-18/h1-4,10,16,18-19H,5-7H2,(H,17,20). The summed E-state index contributed by atoms with van der Waals surface area (Å²) < 4.78 is 36.3. The third kappa shape index (κ3) is 5.55. The minimum absolute atomic E-state index is 0.0364. The van der Waals surface area contributed by atoms with E-state index in [1.54, 1.807) is 11.4 Å². The van der Waals surface area contributed by atoms with E-state index in [0.29, 0.717) is 5.56 Å². The van der Waals surface area contributed by atoms with Crippen molar-refractivity contribution in [2.75, 3.05) is 18.5 Å². The topological polar surface area (TPSA) is 81.6 Å². The van der Waals surface area contributed by atoms with Gasteiger partial charge in [0.05, 0.1) is 12.7 Å². The fourth-order valence-electron chi connectivity index (χ4n) is 1.41. The molecule has 0 radical (unpaired) electrons. The molecular weight excluding hydrogens is 277 g/mol. The summed E-state index contributed by atoms with van der Waals surface area (Å²) in [6.07, 6.45) is -5.83.